The standard InChI is InChI=1S/C30H28FN3O4/c1-16-10-18(25-14-32-34-33-25)11-17(2)29(16)22-6-8-24(31)30-23(22)7-9-26(30)38-20-4-5-21-19(12-28(35)36-3)15-37-27(21)13-20/h4-6,8,10-11,13,19,26H,7,9,12,14-15H2,1-3H3/t19-,26-/m1/s1. The van der Waals surface area contributed by atoms with E-state index in [1.165, 1.54) is 7.11 Å². The third-order valence-corrected chi connectivity index (χ3v) is 7.65. The maximum Gasteiger partial charge on any atom is 0.306 e. The number of fused-ring (bicyclic) bond motifs is 2. The summed E-state index contributed by atoms with van der Waals surface area (Å²) in [5, 5.41) is 11.8. The number of ether oxygens (including phenoxy) is 3. The fourth-order valence-corrected chi connectivity index (χ4v) is 5.89. The van der Waals surface area contributed by atoms with Crippen LogP contribution in [0.4, 0.5) is 4.39 Å². The second kappa shape index (κ2) is 9.67. The van der Waals surface area contributed by atoms with Crippen LogP contribution in [0, 0.1) is 19.7 Å². The number of nitrogens with zero attached hydrogens (tertiary/aromatic N) is 3. The Balaban J connectivity index is 1.28. The van der Waals surface area contributed by atoms with Crippen LogP contribution < -0.4 is 9.47 Å². The minimum atomic E-state index is -0.397. The van der Waals surface area contributed by atoms with Gasteiger partial charge in [0.2, 0.25) is 0 Å². The Kier molecular flexibility index (Phi) is 6.18. The summed E-state index contributed by atoms with van der Waals surface area (Å²) in [6.45, 7) is 5.06. The van der Waals surface area contributed by atoms with E-state index in [-0.39, 0.29) is 24.1 Å². The molecule has 3 aliphatic rings. The van der Waals surface area contributed by atoms with Crippen LogP contribution in [-0.2, 0) is 16.0 Å². The summed E-state index contributed by atoms with van der Waals surface area (Å²) in [6.07, 6.45) is 1.28. The first-order chi connectivity index (χ1) is 18.4. The topological polar surface area (TPSA) is 81.8 Å². The first-order valence-corrected chi connectivity index (χ1v) is 12.8. The smallest absolute Gasteiger partial charge is 0.306 e. The number of hydrogen-bond donors (Lipinski definition) is 0. The third-order valence-electron chi connectivity index (χ3n) is 7.65. The second-order valence-electron chi connectivity index (χ2n) is 10.0. The molecule has 6 rings (SSSR count). The van der Waals surface area contributed by atoms with Crippen molar-refractivity contribution in [2.75, 3.05) is 20.3 Å². The van der Waals surface area contributed by atoms with E-state index < -0.39 is 6.10 Å². The zero-order chi connectivity index (χ0) is 26.4. The number of aryl methyl sites for hydroxylation is 2. The van der Waals surface area contributed by atoms with Crippen LogP contribution in [0.15, 0.2) is 57.9 Å². The molecule has 0 radical (unpaired) electrons. The van der Waals surface area contributed by atoms with Crippen molar-refractivity contribution in [3.8, 4) is 22.6 Å². The summed E-state index contributed by atoms with van der Waals surface area (Å²) in [5.74, 6) is 0.759. The second-order valence-corrected chi connectivity index (χ2v) is 10.0. The molecule has 0 bridgehead atoms. The van der Waals surface area contributed by atoms with Gasteiger partial charge in [-0.15, -0.1) is 5.10 Å². The van der Waals surface area contributed by atoms with Crippen LogP contribution >= 0.6 is 0 Å². The average molecular weight is 514 g/mol. The SMILES string of the molecule is COC(=O)C[C@@H]1COc2cc(O[C@@H]3CCc4c(-c5c(C)cc(C6=NN=NC6)cc5C)ccc(F)c43)ccc21. The fraction of sp³-hybridized carbons (Fsp3) is 0.333. The number of esters is 1. The molecule has 0 saturated heterocycles. The minimum absolute atomic E-state index is 0.0406. The molecule has 0 unspecified atom stereocenters. The van der Waals surface area contributed by atoms with Gasteiger partial charge >= 0.3 is 5.97 Å². The lowest BCUT2D eigenvalue weighted by Gasteiger charge is -2.19. The van der Waals surface area contributed by atoms with Crippen molar-refractivity contribution in [2.45, 2.75) is 45.1 Å². The largest absolute Gasteiger partial charge is 0.492 e. The van der Waals surface area contributed by atoms with E-state index in [1.54, 1.807) is 6.07 Å². The van der Waals surface area contributed by atoms with Gasteiger partial charge in [-0.25, -0.2) is 4.39 Å². The van der Waals surface area contributed by atoms with Crippen molar-refractivity contribution < 1.29 is 23.4 Å². The summed E-state index contributed by atoms with van der Waals surface area (Å²) in [4.78, 5) is 11.7. The molecule has 0 fully saturated rings. The molecule has 2 atom stereocenters. The Morgan fingerprint density at radius 1 is 1.13 bits per heavy atom. The van der Waals surface area contributed by atoms with Crippen molar-refractivity contribution >= 4 is 11.7 Å². The van der Waals surface area contributed by atoms with Crippen LogP contribution in [-0.4, -0.2) is 31.9 Å². The van der Waals surface area contributed by atoms with Gasteiger partial charge in [-0.2, -0.15) is 5.11 Å². The average Bonchev–Trinajstić information content (AvgIpc) is 3.66. The number of carbonyl (C=O) groups excluding carboxylic acids is 1. The third kappa shape index (κ3) is 4.23. The molecule has 3 aromatic carbocycles. The van der Waals surface area contributed by atoms with Gasteiger partial charge in [0, 0.05) is 28.7 Å². The zero-order valence-electron chi connectivity index (χ0n) is 21.6. The van der Waals surface area contributed by atoms with E-state index in [0.717, 1.165) is 51.1 Å². The highest BCUT2D eigenvalue weighted by molar-refractivity contribution is 6.03. The van der Waals surface area contributed by atoms with Gasteiger partial charge < -0.3 is 14.2 Å². The van der Waals surface area contributed by atoms with Crippen molar-refractivity contribution in [3.63, 3.8) is 0 Å². The van der Waals surface area contributed by atoms with E-state index in [0.29, 0.717) is 36.6 Å². The van der Waals surface area contributed by atoms with Crippen LogP contribution in [0.3, 0.4) is 0 Å². The highest BCUT2D eigenvalue weighted by Crippen LogP contribution is 2.45. The number of hydrogen-bond acceptors (Lipinski definition) is 7. The van der Waals surface area contributed by atoms with Crippen LogP contribution in [0.2, 0.25) is 0 Å². The molecular formula is C30H28FN3O4. The maximum atomic E-state index is 15.2. The number of methoxy groups -OCH3 is 1. The molecule has 7 nitrogen and oxygen atoms in total. The molecule has 0 N–H and O–H groups in total. The monoisotopic (exact) mass is 513 g/mol. The van der Waals surface area contributed by atoms with Gasteiger partial charge in [0.25, 0.3) is 0 Å². The van der Waals surface area contributed by atoms with Crippen molar-refractivity contribution in [1.29, 1.82) is 0 Å². The highest BCUT2D eigenvalue weighted by Gasteiger charge is 2.32. The Morgan fingerprint density at radius 3 is 2.68 bits per heavy atom. The van der Waals surface area contributed by atoms with E-state index >= 15 is 4.39 Å². The van der Waals surface area contributed by atoms with Crippen LogP contribution in [0.5, 0.6) is 11.5 Å². The minimum Gasteiger partial charge on any atom is -0.492 e. The Hall–Kier alpha value is -4.07. The first kappa shape index (κ1) is 24.3. The Morgan fingerprint density at radius 2 is 1.95 bits per heavy atom. The lowest BCUT2D eigenvalue weighted by atomic mass is 9.88. The van der Waals surface area contributed by atoms with E-state index in [1.807, 2.05) is 24.3 Å². The molecule has 2 heterocycles. The molecule has 0 amide bonds. The molecule has 0 saturated carbocycles. The lowest BCUT2D eigenvalue weighted by Crippen LogP contribution is -2.09. The maximum absolute atomic E-state index is 15.2. The molecule has 0 spiro atoms. The van der Waals surface area contributed by atoms with Gasteiger partial charge in [-0.05, 0) is 84.0 Å². The van der Waals surface area contributed by atoms with Crippen molar-refractivity contribution in [1.82, 2.24) is 0 Å². The Bertz CT molecular complexity index is 1490. The summed E-state index contributed by atoms with van der Waals surface area (Å²) in [5.41, 5.74) is 8.80. The molecule has 3 aromatic rings. The predicted molar refractivity (Wildman–Crippen MR) is 141 cm³/mol. The van der Waals surface area contributed by atoms with Gasteiger partial charge in [0.15, 0.2) is 0 Å². The van der Waals surface area contributed by atoms with Crippen LogP contribution in [0.25, 0.3) is 11.1 Å². The quantitative estimate of drug-likeness (QED) is 0.358. The lowest BCUT2D eigenvalue weighted by molar-refractivity contribution is -0.141. The molecule has 8 heteroatoms. The number of halogens is 1. The van der Waals surface area contributed by atoms with E-state index in [2.05, 4.69) is 41.4 Å². The van der Waals surface area contributed by atoms with Crippen LogP contribution in [0.1, 0.15) is 58.2 Å². The number of rotatable bonds is 6. The van der Waals surface area contributed by atoms with Gasteiger partial charge in [0.05, 0.1) is 25.8 Å². The zero-order valence-corrected chi connectivity index (χ0v) is 21.6. The van der Waals surface area contributed by atoms with E-state index in [9.17, 15) is 4.79 Å². The summed E-state index contributed by atoms with van der Waals surface area (Å²) in [6, 6.07) is 13.3. The molecule has 0 aromatic heterocycles. The van der Waals surface area contributed by atoms with Crippen molar-refractivity contribution in [3.05, 3.63) is 81.7 Å². The normalized spacial score (nSPS) is 19.1. The molecule has 194 valence electrons. The summed E-state index contributed by atoms with van der Waals surface area (Å²) in [7, 11) is 1.39. The van der Waals surface area contributed by atoms with E-state index in [4.69, 9.17) is 14.2 Å². The fourth-order valence-electron chi connectivity index (χ4n) is 5.89. The van der Waals surface area contributed by atoms with Crippen molar-refractivity contribution in [2.24, 2.45) is 15.4 Å². The van der Waals surface area contributed by atoms with Gasteiger partial charge in [-0.1, -0.05) is 12.1 Å². The summed E-state index contributed by atoms with van der Waals surface area (Å²) >= 11 is 0. The Labute approximate surface area is 220 Å². The predicted octanol–water partition coefficient (Wildman–Crippen LogP) is 6.38. The molecular weight excluding hydrogens is 485 g/mol. The number of benzene rings is 3. The molecule has 1 aliphatic carbocycles. The molecule has 38 heavy (non-hydrogen) atoms. The highest BCUT2D eigenvalue weighted by atomic mass is 19.1. The first-order valence-electron chi connectivity index (χ1n) is 12.8. The van der Waals surface area contributed by atoms with Gasteiger partial charge in [0.1, 0.15) is 30.0 Å². The number of carbonyl (C=O) groups is 1. The van der Waals surface area contributed by atoms with Gasteiger partial charge in [-0.3, -0.25) is 4.79 Å². The summed E-state index contributed by atoms with van der Waals surface area (Å²) < 4.78 is 32.2. The molecule has 2 aliphatic heterocycles.